The molecule has 3 aliphatic rings. The number of benzene rings is 2. The lowest BCUT2D eigenvalue weighted by molar-refractivity contribution is -0.160. The van der Waals surface area contributed by atoms with Crippen molar-refractivity contribution in [3.63, 3.8) is 0 Å². The Morgan fingerprint density at radius 3 is 2.24 bits per heavy atom. The van der Waals surface area contributed by atoms with Crippen molar-refractivity contribution in [3.8, 4) is 23.0 Å². The first-order valence-electron chi connectivity index (χ1n) is 9.82. The number of aryl methyl sites for hydroxylation is 1. The van der Waals surface area contributed by atoms with Crippen LogP contribution in [-0.2, 0) is 26.8 Å². The van der Waals surface area contributed by atoms with Crippen LogP contribution >= 0.6 is 15.0 Å². The van der Waals surface area contributed by atoms with Gasteiger partial charge in [0.15, 0.2) is 28.8 Å². The number of ketones is 1. The Balaban J connectivity index is 0.000000152. The van der Waals surface area contributed by atoms with Gasteiger partial charge in [0, 0.05) is 24.0 Å². The molecule has 5 rings (SSSR count). The van der Waals surface area contributed by atoms with Crippen molar-refractivity contribution in [1.82, 2.24) is 0 Å². The third-order valence-corrected chi connectivity index (χ3v) is 6.55. The SMILES string of the molecule is O=C(O)CCc1cccc2c1OCO2.O=C1CCc2c1ccc1c2OCO1.O=[P+]([O-])P(=O)(O)O. The lowest BCUT2D eigenvalue weighted by Gasteiger charge is -2.03. The minimum absolute atomic E-state index is 0.111. The molecule has 0 amide bonds. The van der Waals surface area contributed by atoms with E-state index in [2.05, 4.69) is 0 Å². The topological polar surface area (TPSA) is 189 Å². The summed E-state index contributed by atoms with van der Waals surface area (Å²) in [6.45, 7) is 0.499. The molecule has 0 radical (unpaired) electrons. The molecule has 0 aromatic heterocycles. The van der Waals surface area contributed by atoms with Gasteiger partial charge in [-0.1, -0.05) is 16.7 Å². The zero-order chi connectivity index (χ0) is 24.9. The summed E-state index contributed by atoms with van der Waals surface area (Å²) in [5.41, 5.74) is 2.73. The van der Waals surface area contributed by atoms with E-state index in [1.807, 2.05) is 30.3 Å². The molecule has 1 atom stereocenters. The molecule has 12 nitrogen and oxygen atoms in total. The van der Waals surface area contributed by atoms with Crippen molar-refractivity contribution in [1.29, 1.82) is 0 Å². The van der Waals surface area contributed by atoms with Crippen LogP contribution in [0.25, 0.3) is 0 Å². The fourth-order valence-corrected chi connectivity index (χ4v) is 3.34. The molecule has 34 heavy (non-hydrogen) atoms. The minimum atomic E-state index is -4.78. The van der Waals surface area contributed by atoms with Crippen molar-refractivity contribution in [2.75, 3.05) is 13.6 Å². The normalized spacial score (nSPS) is 14.9. The van der Waals surface area contributed by atoms with Gasteiger partial charge in [0.1, 0.15) is 0 Å². The van der Waals surface area contributed by atoms with E-state index in [-0.39, 0.29) is 25.8 Å². The van der Waals surface area contributed by atoms with E-state index < -0.39 is 21.0 Å². The molecule has 0 saturated heterocycles. The Hall–Kier alpha value is -3.01. The Morgan fingerprint density at radius 1 is 1.00 bits per heavy atom. The highest BCUT2D eigenvalue weighted by atomic mass is 32.1. The minimum Gasteiger partial charge on any atom is -0.588 e. The Labute approximate surface area is 194 Å². The molecule has 14 heteroatoms. The summed E-state index contributed by atoms with van der Waals surface area (Å²) < 4.78 is 39.7. The molecule has 2 aromatic rings. The van der Waals surface area contributed by atoms with Crippen LogP contribution in [0.3, 0.4) is 0 Å². The van der Waals surface area contributed by atoms with Crippen LogP contribution < -0.4 is 23.8 Å². The second-order valence-corrected chi connectivity index (χ2v) is 11.1. The van der Waals surface area contributed by atoms with Crippen LogP contribution in [-0.4, -0.2) is 40.2 Å². The van der Waals surface area contributed by atoms with Gasteiger partial charge in [0.25, 0.3) is 0 Å². The highest BCUT2D eigenvalue weighted by Crippen LogP contribution is 2.56. The molecule has 0 fully saturated rings. The van der Waals surface area contributed by atoms with Crippen LogP contribution in [0, 0.1) is 0 Å². The maximum atomic E-state index is 11.4. The molecule has 182 valence electrons. The first kappa shape index (κ1) is 25.6. The maximum absolute atomic E-state index is 11.4. The van der Waals surface area contributed by atoms with E-state index >= 15 is 0 Å². The Bertz CT molecular complexity index is 1160. The van der Waals surface area contributed by atoms with Gasteiger partial charge in [-0.05, 0) is 36.6 Å². The number of fused-ring (bicyclic) bond motifs is 4. The molecule has 2 aliphatic heterocycles. The molecule has 1 aliphatic carbocycles. The summed E-state index contributed by atoms with van der Waals surface area (Å²) in [5, 5.41) is 8.55. The van der Waals surface area contributed by atoms with Gasteiger partial charge in [-0.25, -0.2) is 4.57 Å². The molecule has 0 bridgehead atoms. The average Bonchev–Trinajstić information content (AvgIpc) is 3.51. The van der Waals surface area contributed by atoms with Gasteiger partial charge in [-0.2, -0.15) is 0 Å². The number of rotatable bonds is 4. The third kappa shape index (κ3) is 6.31. The predicted molar refractivity (Wildman–Crippen MR) is 113 cm³/mol. The zero-order valence-electron chi connectivity index (χ0n) is 17.5. The number of ether oxygens (including phenoxy) is 4. The zero-order valence-corrected chi connectivity index (χ0v) is 19.3. The van der Waals surface area contributed by atoms with Crippen molar-refractivity contribution < 1.29 is 57.5 Å². The van der Waals surface area contributed by atoms with E-state index in [9.17, 15) is 23.6 Å². The van der Waals surface area contributed by atoms with Gasteiger partial charge in [-0.15, -0.1) is 0 Å². The lowest BCUT2D eigenvalue weighted by atomic mass is 10.1. The van der Waals surface area contributed by atoms with E-state index in [1.54, 1.807) is 0 Å². The summed E-state index contributed by atoms with van der Waals surface area (Å²) >= 11 is 0. The van der Waals surface area contributed by atoms with E-state index in [1.165, 1.54) is 0 Å². The van der Waals surface area contributed by atoms with Crippen LogP contribution in [0.5, 0.6) is 23.0 Å². The fraction of sp³-hybridized carbons (Fsp3) is 0.300. The summed E-state index contributed by atoms with van der Waals surface area (Å²) in [5.74, 6) is 2.35. The van der Waals surface area contributed by atoms with E-state index in [4.69, 9.17) is 33.8 Å². The van der Waals surface area contributed by atoms with Crippen LogP contribution in [0.4, 0.5) is 0 Å². The van der Waals surface area contributed by atoms with Crippen LogP contribution in [0.15, 0.2) is 30.3 Å². The number of carbonyl (C=O) groups is 2. The number of carboxylic acid groups (broad SMARTS) is 1. The average molecular weight is 514 g/mol. The van der Waals surface area contributed by atoms with Crippen molar-refractivity contribution in [2.24, 2.45) is 0 Å². The molecule has 0 saturated carbocycles. The van der Waals surface area contributed by atoms with E-state index in [0.29, 0.717) is 24.3 Å². The lowest BCUT2D eigenvalue weighted by Crippen LogP contribution is -1.99. The van der Waals surface area contributed by atoms with Gasteiger partial charge in [0.05, 0.1) is 0 Å². The van der Waals surface area contributed by atoms with E-state index in [0.717, 1.165) is 34.6 Å². The molecule has 3 N–H and O–H groups in total. The third-order valence-electron chi connectivity index (χ3n) is 4.84. The van der Waals surface area contributed by atoms with Gasteiger partial charge in [0.2, 0.25) is 13.6 Å². The molecular weight excluding hydrogens is 494 g/mol. The standard InChI is InChI=1S/C10H10O4.C10H8O3.H2O5P2/c11-9(12)5-4-7-2-1-3-8-10(7)14-6-13-8;11-8-3-1-7-6(8)2-4-9-10(7)13-5-12-9;1-6(2)7(3,4)5/h1-3H,4-6H2,(H,11,12);2,4H,1,3,5H2;(H2,3,4,5). The van der Waals surface area contributed by atoms with Gasteiger partial charge < -0.3 is 28.9 Å². The summed E-state index contributed by atoms with van der Waals surface area (Å²) in [4.78, 5) is 46.3. The highest BCUT2D eigenvalue weighted by Gasteiger charge is 2.30. The number of carboxylic acids is 1. The number of para-hydroxylation sites is 1. The Morgan fingerprint density at radius 2 is 1.62 bits per heavy atom. The molecule has 0 spiro atoms. The summed E-state index contributed by atoms with van der Waals surface area (Å²) in [6.07, 6.45) is 1.98. The highest BCUT2D eigenvalue weighted by molar-refractivity contribution is 8.19. The Kier molecular flexibility index (Phi) is 8.24. The molecule has 2 heterocycles. The van der Waals surface area contributed by atoms with Crippen molar-refractivity contribution in [3.05, 3.63) is 47.0 Å². The first-order chi connectivity index (χ1) is 16.1. The number of Topliss-reactive ketones (excluding diaryl/α,β-unsaturated/α-hetero) is 1. The van der Waals surface area contributed by atoms with Crippen molar-refractivity contribution >= 4 is 26.8 Å². The second kappa shape index (κ2) is 10.9. The smallest absolute Gasteiger partial charge is 0.561 e. The number of hydrogen-bond donors (Lipinski definition) is 3. The largest absolute Gasteiger partial charge is 0.588 e. The number of aliphatic carboxylic acids is 1. The maximum Gasteiger partial charge on any atom is 0.561 e. The monoisotopic (exact) mass is 514 g/mol. The predicted octanol–water partition coefficient (Wildman–Crippen LogP) is 2.16. The van der Waals surface area contributed by atoms with Crippen LogP contribution in [0.2, 0.25) is 0 Å². The van der Waals surface area contributed by atoms with Gasteiger partial charge >= 0.3 is 21.0 Å². The van der Waals surface area contributed by atoms with Crippen LogP contribution in [0.1, 0.15) is 34.3 Å². The van der Waals surface area contributed by atoms with Gasteiger partial charge in [-0.3, -0.25) is 19.4 Å². The number of carbonyl (C=O) groups excluding carboxylic acids is 1. The fourth-order valence-electron chi connectivity index (χ4n) is 3.34. The summed E-state index contributed by atoms with van der Waals surface area (Å²) in [6, 6.07) is 9.15. The quantitative estimate of drug-likeness (QED) is 0.505. The number of hydrogen-bond acceptors (Lipinski definition) is 9. The second-order valence-electron chi connectivity index (χ2n) is 7.04. The molecule has 1 unspecified atom stereocenters. The first-order valence-corrected chi connectivity index (χ1v) is 13.3. The molecule has 2 aromatic carbocycles. The van der Waals surface area contributed by atoms with Crippen molar-refractivity contribution in [2.45, 2.75) is 25.7 Å². The summed E-state index contributed by atoms with van der Waals surface area (Å²) in [7, 11) is -8.36. The molecular formula is C20H20O12P2.